The van der Waals surface area contributed by atoms with Crippen LogP contribution in [0.15, 0.2) is 36.9 Å². The van der Waals surface area contributed by atoms with E-state index in [1.54, 1.807) is 18.6 Å². The molecule has 0 atom stereocenters. The van der Waals surface area contributed by atoms with Crippen LogP contribution >= 0.6 is 0 Å². The maximum absolute atomic E-state index is 13.1. The molecule has 0 radical (unpaired) electrons. The molecule has 6 heteroatoms. The molecule has 0 fully saturated rings. The number of anilines is 1. The monoisotopic (exact) mass is 325 g/mol. The number of aryl methyl sites for hydroxylation is 1. The van der Waals surface area contributed by atoms with Crippen LogP contribution in [0.2, 0.25) is 0 Å². The molecule has 126 valence electrons. The van der Waals surface area contributed by atoms with Gasteiger partial charge in [-0.25, -0.2) is 4.98 Å². The first kappa shape index (κ1) is 17.4. The lowest BCUT2D eigenvalue weighted by Gasteiger charge is -2.22. The van der Waals surface area contributed by atoms with Crippen molar-refractivity contribution >= 4 is 5.69 Å². The minimum Gasteiger partial charge on any atom is -0.385 e. The van der Waals surface area contributed by atoms with Crippen LogP contribution in [0.4, 0.5) is 18.9 Å². The molecule has 23 heavy (non-hydrogen) atoms. The molecule has 1 heterocycles. The number of halogens is 3. The van der Waals surface area contributed by atoms with Gasteiger partial charge in [0.1, 0.15) is 0 Å². The molecular formula is C17H22F3N3. The minimum atomic E-state index is -4.34. The molecular weight excluding hydrogens is 303 g/mol. The molecule has 0 unspecified atom stereocenters. The molecule has 0 saturated carbocycles. The van der Waals surface area contributed by atoms with E-state index in [1.807, 2.05) is 31.5 Å². The lowest BCUT2D eigenvalue weighted by molar-refractivity contribution is -0.137. The fourth-order valence-electron chi connectivity index (χ4n) is 2.24. The van der Waals surface area contributed by atoms with Crippen LogP contribution in [0.3, 0.4) is 0 Å². The van der Waals surface area contributed by atoms with E-state index in [1.165, 1.54) is 12.1 Å². The Morgan fingerprint density at radius 3 is 2.35 bits per heavy atom. The Labute approximate surface area is 134 Å². The van der Waals surface area contributed by atoms with Gasteiger partial charge in [0, 0.05) is 31.2 Å². The lowest BCUT2D eigenvalue weighted by atomic mass is 9.85. The fraction of sp³-hybridized carbons (Fsp3) is 0.471. The molecule has 2 aromatic rings. The number of aromatic nitrogens is 2. The van der Waals surface area contributed by atoms with Crippen molar-refractivity contribution in [3.8, 4) is 0 Å². The molecule has 0 aliphatic rings. The van der Waals surface area contributed by atoms with Crippen LogP contribution in [-0.2, 0) is 18.1 Å². The summed E-state index contributed by atoms with van der Waals surface area (Å²) < 4.78 is 41.2. The lowest BCUT2D eigenvalue weighted by Crippen LogP contribution is -2.15. The normalized spacial score (nSPS) is 12.4. The summed E-state index contributed by atoms with van der Waals surface area (Å²) >= 11 is 0. The van der Waals surface area contributed by atoms with E-state index < -0.39 is 11.7 Å². The summed E-state index contributed by atoms with van der Waals surface area (Å²) in [7, 11) is 0. The van der Waals surface area contributed by atoms with Gasteiger partial charge in [-0.05, 0) is 35.6 Å². The number of imidazole rings is 1. The summed E-state index contributed by atoms with van der Waals surface area (Å²) in [4.78, 5) is 3.95. The molecule has 1 aromatic heterocycles. The SMILES string of the molecule is CC(C)(C)c1cc(NCCCn2ccnc2)cc(C(F)(F)F)c1. The van der Waals surface area contributed by atoms with Crippen molar-refractivity contribution in [2.45, 2.75) is 45.3 Å². The highest BCUT2D eigenvalue weighted by Gasteiger charge is 2.32. The van der Waals surface area contributed by atoms with E-state index in [0.29, 0.717) is 17.8 Å². The van der Waals surface area contributed by atoms with Crippen LogP contribution in [0.1, 0.15) is 38.3 Å². The largest absolute Gasteiger partial charge is 0.416 e. The first-order valence-electron chi connectivity index (χ1n) is 7.58. The minimum absolute atomic E-state index is 0.339. The van der Waals surface area contributed by atoms with Crippen molar-refractivity contribution in [3.05, 3.63) is 48.0 Å². The van der Waals surface area contributed by atoms with Crippen molar-refractivity contribution in [3.63, 3.8) is 0 Å². The second kappa shape index (κ2) is 6.64. The number of benzene rings is 1. The summed E-state index contributed by atoms with van der Waals surface area (Å²) in [6.07, 6.45) is 1.76. The number of hydrogen-bond donors (Lipinski definition) is 1. The van der Waals surface area contributed by atoms with Gasteiger partial charge in [-0.2, -0.15) is 13.2 Å². The Kier molecular flexibility index (Phi) is 5.02. The molecule has 0 amide bonds. The highest BCUT2D eigenvalue weighted by molar-refractivity contribution is 5.51. The van der Waals surface area contributed by atoms with Crippen LogP contribution < -0.4 is 5.32 Å². The molecule has 0 spiro atoms. The number of hydrogen-bond acceptors (Lipinski definition) is 2. The third-order valence-electron chi connectivity index (χ3n) is 3.61. The quantitative estimate of drug-likeness (QED) is 0.808. The van der Waals surface area contributed by atoms with Gasteiger partial charge in [-0.1, -0.05) is 20.8 Å². The summed E-state index contributed by atoms with van der Waals surface area (Å²) in [5.41, 5.74) is 0.232. The first-order chi connectivity index (χ1) is 10.7. The van der Waals surface area contributed by atoms with Crippen molar-refractivity contribution in [1.82, 2.24) is 9.55 Å². The predicted octanol–water partition coefficient (Wildman–Crippen LogP) is 4.70. The average Bonchev–Trinajstić information content (AvgIpc) is 2.94. The van der Waals surface area contributed by atoms with Gasteiger partial charge in [-0.3, -0.25) is 0 Å². The van der Waals surface area contributed by atoms with Crippen LogP contribution in [0, 0.1) is 0 Å². The smallest absolute Gasteiger partial charge is 0.385 e. The second-order valence-corrected chi connectivity index (χ2v) is 6.63. The number of alkyl halides is 3. The average molecular weight is 325 g/mol. The Hall–Kier alpha value is -1.98. The summed E-state index contributed by atoms with van der Waals surface area (Å²) in [5.74, 6) is 0. The van der Waals surface area contributed by atoms with Gasteiger partial charge in [0.15, 0.2) is 0 Å². The Morgan fingerprint density at radius 2 is 1.78 bits per heavy atom. The maximum atomic E-state index is 13.1. The summed E-state index contributed by atoms with van der Waals surface area (Å²) in [5, 5.41) is 3.10. The Bertz CT molecular complexity index is 593. The zero-order chi connectivity index (χ0) is 17.1. The standard InChI is InChI=1S/C17H22F3N3/c1-16(2,3)13-9-14(17(18,19)20)11-15(10-13)22-5-4-7-23-8-6-21-12-23/h6,8-12,22H,4-5,7H2,1-3H3. The molecule has 2 rings (SSSR count). The number of rotatable bonds is 5. The molecule has 0 aliphatic carbocycles. The summed E-state index contributed by atoms with van der Waals surface area (Å²) in [6, 6.07) is 4.20. The van der Waals surface area contributed by atoms with Crippen molar-refractivity contribution in [2.24, 2.45) is 0 Å². The van der Waals surface area contributed by atoms with Crippen LogP contribution in [0.5, 0.6) is 0 Å². The number of nitrogens with zero attached hydrogens (tertiary/aromatic N) is 2. The van der Waals surface area contributed by atoms with Crippen LogP contribution in [0.25, 0.3) is 0 Å². The van der Waals surface area contributed by atoms with E-state index in [-0.39, 0.29) is 5.41 Å². The molecule has 0 saturated heterocycles. The molecule has 0 bridgehead atoms. The molecule has 0 aliphatic heterocycles. The first-order valence-corrected chi connectivity index (χ1v) is 7.58. The van der Waals surface area contributed by atoms with Gasteiger partial charge in [0.2, 0.25) is 0 Å². The van der Waals surface area contributed by atoms with Crippen LogP contribution in [-0.4, -0.2) is 16.1 Å². The zero-order valence-corrected chi connectivity index (χ0v) is 13.6. The van der Waals surface area contributed by atoms with Crippen molar-refractivity contribution in [1.29, 1.82) is 0 Å². The second-order valence-electron chi connectivity index (χ2n) is 6.63. The zero-order valence-electron chi connectivity index (χ0n) is 13.6. The van der Waals surface area contributed by atoms with Gasteiger partial charge < -0.3 is 9.88 Å². The van der Waals surface area contributed by atoms with Crippen molar-refractivity contribution in [2.75, 3.05) is 11.9 Å². The fourth-order valence-corrected chi connectivity index (χ4v) is 2.24. The number of nitrogens with one attached hydrogen (secondary N) is 1. The summed E-state index contributed by atoms with van der Waals surface area (Å²) in [6.45, 7) is 7.10. The van der Waals surface area contributed by atoms with Gasteiger partial charge in [-0.15, -0.1) is 0 Å². The van der Waals surface area contributed by atoms with Gasteiger partial charge in [0.25, 0.3) is 0 Å². The van der Waals surface area contributed by atoms with Gasteiger partial charge in [0.05, 0.1) is 11.9 Å². The van der Waals surface area contributed by atoms with E-state index in [4.69, 9.17) is 0 Å². The van der Waals surface area contributed by atoms with Crippen molar-refractivity contribution < 1.29 is 13.2 Å². The molecule has 3 nitrogen and oxygen atoms in total. The van der Waals surface area contributed by atoms with E-state index in [2.05, 4.69) is 10.3 Å². The highest BCUT2D eigenvalue weighted by atomic mass is 19.4. The highest BCUT2D eigenvalue weighted by Crippen LogP contribution is 2.35. The Balaban J connectivity index is 2.07. The van der Waals surface area contributed by atoms with E-state index >= 15 is 0 Å². The van der Waals surface area contributed by atoms with E-state index in [9.17, 15) is 13.2 Å². The molecule has 1 N–H and O–H groups in total. The van der Waals surface area contributed by atoms with E-state index in [0.717, 1.165) is 13.0 Å². The third-order valence-corrected chi connectivity index (χ3v) is 3.61. The molecule has 1 aromatic carbocycles. The third kappa shape index (κ3) is 5.01. The predicted molar refractivity (Wildman–Crippen MR) is 85.5 cm³/mol. The maximum Gasteiger partial charge on any atom is 0.416 e. The topological polar surface area (TPSA) is 29.9 Å². The Morgan fingerprint density at radius 1 is 1.09 bits per heavy atom. The van der Waals surface area contributed by atoms with Gasteiger partial charge >= 0.3 is 6.18 Å².